The molecular weight excluding hydrogens is 258 g/mol. The van der Waals surface area contributed by atoms with Crippen LogP contribution in [-0.4, -0.2) is 5.78 Å². The van der Waals surface area contributed by atoms with Crippen LogP contribution >= 0.6 is 11.6 Å². The van der Waals surface area contributed by atoms with Gasteiger partial charge in [-0.1, -0.05) is 49.7 Å². The van der Waals surface area contributed by atoms with Crippen molar-refractivity contribution in [2.45, 2.75) is 19.8 Å². The Bertz CT molecular complexity index is 603. The molecule has 2 N–H and O–H groups in total. The van der Waals surface area contributed by atoms with Crippen LogP contribution in [0.15, 0.2) is 42.5 Å². The number of carbonyl (C=O) groups excluding carboxylic acids is 1. The number of anilines is 1. The third kappa shape index (κ3) is 2.96. The number of rotatable bonds is 3. The second-order valence-corrected chi connectivity index (χ2v) is 5.25. The van der Waals surface area contributed by atoms with Crippen LogP contribution in [-0.2, 0) is 0 Å². The Morgan fingerprint density at radius 1 is 1.05 bits per heavy atom. The molecule has 2 aromatic carbocycles. The first-order chi connectivity index (χ1) is 8.99. The first-order valence-electron chi connectivity index (χ1n) is 6.18. The standard InChI is InChI=1S/C16H16ClNO/c1-10(2)11-3-5-12(6-4-11)16(19)13-7-8-14(17)15(18)9-13/h3-10H,18H2,1-2H3. The van der Waals surface area contributed by atoms with Crippen molar-refractivity contribution < 1.29 is 4.79 Å². The Morgan fingerprint density at radius 3 is 2.16 bits per heavy atom. The van der Waals surface area contributed by atoms with E-state index in [0.717, 1.165) is 0 Å². The predicted molar refractivity (Wildman–Crippen MR) is 79.8 cm³/mol. The largest absolute Gasteiger partial charge is 0.398 e. The molecule has 0 aliphatic carbocycles. The van der Waals surface area contributed by atoms with Crippen LogP contribution in [0.1, 0.15) is 41.3 Å². The Kier molecular flexibility index (Phi) is 3.91. The van der Waals surface area contributed by atoms with Gasteiger partial charge in [0.05, 0.1) is 10.7 Å². The van der Waals surface area contributed by atoms with Crippen molar-refractivity contribution in [3.05, 3.63) is 64.2 Å². The predicted octanol–water partition coefficient (Wildman–Crippen LogP) is 4.28. The summed E-state index contributed by atoms with van der Waals surface area (Å²) in [5.41, 5.74) is 8.57. The van der Waals surface area contributed by atoms with Gasteiger partial charge in [-0.3, -0.25) is 4.79 Å². The zero-order valence-corrected chi connectivity index (χ0v) is 11.7. The number of hydrogen-bond donors (Lipinski definition) is 1. The van der Waals surface area contributed by atoms with E-state index in [1.165, 1.54) is 5.56 Å². The van der Waals surface area contributed by atoms with Crippen molar-refractivity contribution in [2.24, 2.45) is 0 Å². The molecule has 0 bridgehead atoms. The molecule has 0 heterocycles. The molecule has 0 atom stereocenters. The summed E-state index contributed by atoms with van der Waals surface area (Å²) in [4.78, 5) is 12.3. The zero-order valence-electron chi connectivity index (χ0n) is 11.0. The van der Waals surface area contributed by atoms with Gasteiger partial charge in [0.25, 0.3) is 0 Å². The van der Waals surface area contributed by atoms with Gasteiger partial charge in [0.1, 0.15) is 0 Å². The van der Waals surface area contributed by atoms with Gasteiger partial charge in [-0.2, -0.15) is 0 Å². The summed E-state index contributed by atoms with van der Waals surface area (Å²) in [5, 5.41) is 0.465. The van der Waals surface area contributed by atoms with E-state index in [1.54, 1.807) is 18.2 Å². The van der Waals surface area contributed by atoms with E-state index in [1.807, 2.05) is 24.3 Å². The Hall–Kier alpha value is -1.80. The van der Waals surface area contributed by atoms with Gasteiger partial charge in [0.15, 0.2) is 5.78 Å². The molecule has 19 heavy (non-hydrogen) atoms. The van der Waals surface area contributed by atoms with Crippen molar-refractivity contribution in [1.29, 1.82) is 0 Å². The van der Waals surface area contributed by atoms with Crippen molar-refractivity contribution >= 4 is 23.1 Å². The molecule has 0 aliphatic heterocycles. The average Bonchev–Trinajstić information content (AvgIpc) is 2.41. The molecule has 0 aliphatic rings. The summed E-state index contributed by atoms with van der Waals surface area (Å²) in [6.45, 7) is 4.24. The number of halogens is 1. The second-order valence-electron chi connectivity index (χ2n) is 4.84. The first-order valence-corrected chi connectivity index (χ1v) is 6.56. The summed E-state index contributed by atoms with van der Waals surface area (Å²) < 4.78 is 0. The molecular formula is C16H16ClNO. The van der Waals surface area contributed by atoms with Crippen molar-refractivity contribution in [2.75, 3.05) is 5.73 Å². The topological polar surface area (TPSA) is 43.1 Å². The Morgan fingerprint density at radius 2 is 1.63 bits per heavy atom. The highest BCUT2D eigenvalue weighted by molar-refractivity contribution is 6.33. The van der Waals surface area contributed by atoms with Crippen LogP contribution in [0.25, 0.3) is 0 Å². The van der Waals surface area contributed by atoms with Crippen LogP contribution in [0.4, 0.5) is 5.69 Å². The van der Waals surface area contributed by atoms with Crippen molar-refractivity contribution in [3.8, 4) is 0 Å². The van der Waals surface area contributed by atoms with Crippen LogP contribution in [0.2, 0.25) is 5.02 Å². The van der Waals surface area contributed by atoms with Crippen LogP contribution in [0.3, 0.4) is 0 Å². The van der Waals surface area contributed by atoms with Gasteiger partial charge in [0.2, 0.25) is 0 Å². The molecule has 0 saturated carbocycles. The molecule has 2 rings (SSSR count). The fourth-order valence-corrected chi connectivity index (χ4v) is 1.99. The van der Waals surface area contributed by atoms with Crippen molar-refractivity contribution in [1.82, 2.24) is 0 Å². The monoisotopic (exact) mass is 273 g/mol. The fraction of sp³-hybridized carbons (Fsp3) is 0.188. The maximum Gasteiger partial charge on any atom is 0.193 e. The summed E-state index contributed by atoms with van der Waals surface area (Å²) in [6.07, 6.45) is 0. The van der Waals surface area contributed by atoms with Crippen LogP contribution < -0.4 is 5.73 Å². The van der Waals surface area contributed by atoms with E-state index in [4.69, 9.17) is 17.3 Å². The molecule has 98 valence electrons. The van der Waals surface area contributed by atoms with Gasteiger partial charge in [-0.25, -0.2) is 0 Å². The fourth-order valence-electron chi connectivity index (χ4n) is 1.87. The lowest BCUT2D eigenvalue weighted by Gasteiger charge is -2.07. The summed E-state index contributed by atoms with van der Waals surface area (Å²) >= 11 is 5.85. The van der Waals surface area contributed by atoms with E-state index in [9.17, 15) is 4.79 Å². The maximum atomic E-state index is 12.3. The number of ketones is 1. The SMILES string of the molecule is CC(C)c1ccc(C(=O)c2ccc(Cl)c(N)c2)cc1. The average molecular weight is 274 g/mol. The number of nitrogens with two attached hydrogens (primary N) is 1. The van der Waals surface area contributed by atoms with Gasteiger partial charge < -0.3 is 5.73 Å². The molecule has 3 heteroatoms. The highest BCUT2D eigenvalue weighted by atomic mass is 35.5. The van der Waals surface area contributed by atoms with Gasteiger partial charge >= 0.3 is 0 Å². The minimum Gasteiger partial charge on any atom is -0.398 e. The molecule has 0 radical (unpaired) electrons. The van der Waals surface area contributed by atoms with E-state index < -0.39 is 0 Å². The number of nitrogen functional groups attached to an aromatic ring is 1. The van der Waals surface area contributed by atoms with Gasteiger partial charge in [0, 0.05) is 11.1 Å². The summed E-state index contributed by atoms with van der Waals surface area (Å²) in [5.74, 6) is 0.411. The molecule has 0 spiro atoms. The lowest BCUT2D eigenvalue weighted by Crippen LogP contribution is -2.02. The normalized spacial score (nSPS) is 10.7. The first kappa shape index (κ1) is 13.6. The van der Waals surface area contributed by atoms with Gasteiger partial charge in [-0.15, -0.1) is 0 Å². The lowest BCUT2D eigenvalue weighted by atomic mass is 9.98. The molecule has 0 fully saturated rings. The van der Waals surface area contributed by atoms with E-state index >= 15 is 0 Å². The highest BCUT2D eigenvalue weighted by Crippen LogP contribution is 2.22. The zero-order chi connectivity index (χ0) is 14.0. The second kappa shape index (κ2) is 5.45. The molecule has 0 saturated heterocycles. The quantitative estimate of drug-likeness (QED) is 0.670. The molecule has 2 nitrogen and oxygen atoms in total. The molecule has 0 aromatic heterocycles. The van der Waals surface area contributed by atoms with E-state index in [2.05, 4.69) is 13.8 Å². The smallest absolute Gasteiger partial charge is 0.193 e. The summed E-state index contributed by atoms with van der Waals surface area (Å²) in [7, 11) is 0. The summed E-state index contributed by atoms with van der Waals surface area (Å²) in [6, 6.07) is 12.6. The lowest BCUT2D eigenvalue weighted by molar-refractivity contribution is 0.103. The van der Waals surface area contributed by atoms with E-state index in [0.29, 0.717) is 27.8 Å². The Labute approximate surface area is 118 Å². The van der Waals surface area contributed by atoms with Gasteiger partial charge in [-0.05, 0) is 29.7 Å². The number of benzene rings is 2. The van der Waals surface area contributed by atoms with Crippen LogP contribution in [0.5, 0.6) is 0 Å². The molecule has 2 aromatic rings. The minimum atomic E-state index is -0.0429. The minimum absolute atomic E-state index is 0.0429. The van der Waals surface area contributed by atoms with E-state index in [-0.39, 0.29) is 5.78 Å². The number of hydrogen-bond acceptors (Lipinski definition) is 2. The third-order valence-electron chi connectivity index (χ3n) is 3.10. The Balaban J connectivity index is 2.30. The molecule has 0 unspecified atom stereocenters. The van der Waals surface area contributed by atoms with Crippen molar-refractivity contribution in [3.63, 3.8) is 0 Å². The highest BCUT2D eigenvalue weighted by Gasteiger charge is 2.10. The maximum absolute atomic E-state index is 12.3. The third-order valence-corrected chi connectivity index (χ3v) is 3.44. The molecule has 0 amide bonds. The number of carbonyl (C=O) groups is 1. The van der Waals surface area contributed by atoms with Crippen LogP contribution in [0, 0.1) is 0 Å².